The van der Waals surface area contributed by atoms with Gasteiger partial charge in [0.2, 0.25) is 5.91 Å². The predicted octanol–water partition coefficient (Wildman–Crippen LogP) is 3.65. The zero-order valence-electron chi connectivity index (χ0n) is 20.0. The highest BCUT2D eigenvalue weighted by Gasteiger charge is 2.15. The third-order valence-electron chi connectivity index (χ3n) is 5.34. The van der Waals surface area contributed by atoms with Crippen LogP contribution in [-0.2, 0) is 11.2 Å². The molecule has 0 spiro atoms. The Balaban J connectivity index is 2.53. The van der Waals surface area contributed by atoms with Crippen LogP contribution in [0.1, 0.15) is 32.8 Å². The molecule has 32 heavy (non-hydrogen) atoms. The minimum atomic E-state index is -0.763. The normalized spacial score (nSPS) is 15.1. The number of carbonyl (C=O) groups is 1. The molecule has 1 aromatic rings. The highest BCUT2D eigenvalue weighted by molar-refractivity contribution is 6.31. The molecule has 6 nitrogen and oxygen atoms in total. The lowest BCUT2D eigenvalue weighted by Crippen LogP contribution is -2.42. The second-order valence-electron chi connectivity index (χ2n) is 8.07. The Morgan fingerprint density at radius 2 is 1.94 bits per heavy atom. The number of benzene rings is 1. The Bertz CT molecular complexity index is 773. The van der Waals surface area contributed by atoms with E-state index in [0.717, 1.165) is 23.2 Å². The van der Waals surface area contributed by atoms with Crippen molar-refractivity contribution in [3.8, 4) is 0 Å². The number of nitrogens with one attached hydrogen (secondary N) is 3. The van der Waals surface area contributed by atoms with Crippen molar-refractivity contribution in [2.75, 3.05) is 32.5 Å². The molecule has 1 unspecified atom stereocenters. The summed E-state index contributed by atoms with van der Waals surface area (Å²) in [4.78, 5) is 14.2. The number of likely N-dealkylation sites (N-methyl/N-ethyl adjacent to an activating group) is 2. The van der Waals surface area contributed by atoms with Gasteiger partial charge in [-0.25, -0.2) is 0 Å². The van der Waals surface area contributed by atoms with Crippen molar-refractivity contribution in [1.29, 1.82) is 0 Å². The molecule has 0 aliphatic rings. The fourth-order valence-electron chi connectivity index (χ4n) is 2.96. The van der Waals surface area contributed by atoms with Crippen LogP contribution in [0.15, 0.2) is 59.7 Å². The summed E-state index contributed by atoms with van der Waals surface area (Å²) >= 11 is 5.90. The summed E-state index contributed by atoms with van der Waals surface area (Å²) in [5.74, 6) is 0.0879. The summed E-state index contributed by atoms with van der Waals surface area (Å²) in [6, 6.07) is 7.72. The average molecular weight is 463 g/mol. The summed E-state index contributed by atoms with van der Waals surface area (Å²) in [6.07, 6.45) is 5.86. The molecule has 0 saturated carbocycles. The number of rotatable bonds is 14. The Hall–Kier alpha value is -2.12. The topological polar surface area (TPSA) is 76.6 Å². The predicted molar refractivity (Wildman–Crippen MR) is 136 cm³/mol. The van der Waals surface area contributed by atoms with E-state index in [9.17, 15) is 9.90 Å². The SMILES string of the molecule is C=C/C(Cl)=C\C=C(/C)CNC(C)[C@@H](O)Nc1ccc(CC(=O)N(C)C[C@@H](CC)NC)cc1. The number of halogens is 1. The molecule has 1 rings (SSSR count). The monoisotopic (exact) mass is 462 g/mol. The van der Waals surface area contributed by atoms with Crippen LogP contribution in [0, 0.1) is 0 Å². The van der Waals surface area contributed by atoms with Crippen molar-refractivity contribution in [1.82, 2.24) is 15.5 Å². The molecule has 0 radical (unpaired) electrons. The summed E-state index contributed by atoms with van der Waals surface area (Å²) in [5, 5.41) is 20.6. The number of aliphatic hydroxyl groups excluding tert-OH is 1. The van der Waals surface area contributed by atoms with Crippen LogP contribution in [0.2, 0.25) is 0 Å². The lowest BCUT2D eigenvalue weighted by Gasteiger charge is -2.23. The fraction of sp³-hybridized carbons (Fsp3) is 0.480. The van der Waals surface area contributed by atoms with Crippen molar-refractivity contribution in [3.05, 3.63) is 65.2 Å². The van der Waals surface area contributed by atoms with Crippen LogP contribution in [0.25, 0.3) is 0 Å². The Morgan fingerprint density at radius 3 is 2.50 bits per heavy atom. The van der Waals surface area contributed by atoms with E-state index in [0.29, 0.717) is 30.6 Å². The van der Waals surface area contributed by atoms with Gasteiger partial charge in [0, 0.05) is 42.9 Å². The zero-order valence-corrected chi connectivity index (χ0v) is 20.7. The maximum atomic E-state index is 12.5. The van der Waals surface area contributed by atoms with Gasteiger partial charge in [0.15, 0.2) is 0 Å². The Labute approximate surface area is 198 Å². The molecule has 1 amide bonds. The lowest BCUT2D eigenvalue weighted by molar-refractivity contribution is -0.129. The van der Waals surface area contributed by atoms with Crippen LogP contribution in [0.4, 0.5) is 5.69 Å². The molecular formula is C25H39ClN4O2. The van der Waals surface area contributed by atoms with Gasteiger partial charge in [-0.05, 0) is 51.1 Å². The second kappa shape index (κ2) is 14.9. The van der Waals surface area contributed by atoms with E-state index < -0.39 is 6.23 Å². The van der Waals surface area contributed by atoms with Gasteiger partial charge in [0.05, 0.1) is 6.42 Å². The number of nitrogens with zero attached hydrogens (tertiary/aromatic N) is 1. The Kier molecular flexibility index (Phi) is 13.0. The van der Waals surface area contributed by atoms with Gasteiger partial charge in [-0.2, -0.15) is 0 Å². The van der Waals surface area contributed by atoms with Gasteiger partial charge in [-0.15, -0.1) is 0 Å². The number of amides is 1. The molecule has 0 aromatic heterocycles. The van der Waals surface area contributed by atoms with Crippen molar-refractivity contribution in [3.63, 3.8) is 0 Å². The van der Waals surface area contributed by atoms with Crippen LogP contribution in [0.3, 0.4) is 0 Å². The smallest absolute Gasteiger partial charge is 0.226 e. The number of hydrogen-bond acceptors (Lipinski definition) is 5. The van der Waals surface area contributed by atoms with Gasteiger partial charge in [0.1, 0.15) is 6.23 Å². The van der Waals surface area contributed by atoms with Crippen molar-refractivity contribution < 1.29 is 9.90 Å². The minimum Gasteiger partial charge on any atom is -0.372 e. The molecule has 3 atom stereocenters. The quantitative estimate of drug-likeness (QED) is 0.251. The van der Waals surface area contributed by atoms with Crippen molar-refractivity contribution in [2.24, 2.45) is 0 Å². The van der Waals surface area contributed by atoms with Crippen LogP contribution >= 0.6 is 11.6 Å². The Morgan fingerprint density at radius 1 is 1.28 bits per heavy atom. The number of aliphatic hydroxyl groups is 1. The largest absolute Gasteiger partial charge is 0.372 e. The third-order valence-corrected chi connectivity index (χ3v) is 5.62. The molecule has 7 heteroatoms. The lowest BCUT2D eigenvalue weighted by atomic mass is 10.1. The number of hydrogen-bond donors (Lipinski definition) is 4. The summed E-state index contributed by atoms with van der Waals surface area (Å²) in [7, 11) is 3.75. The zero-order chi connectivity index (χ0) is 24.1. The molecule has 0 fully saturated rings. The molecule has 178 valence electrons. The van der Waals surface area contributed by atoms with Gasteiger partial charge < -0.3 is 26.0 Å². The first-order valence-electron chi connectivity index (χ1n) is 11.0. The highest BCUT2D eigenvalue weighted by Crippen LogP contribution is 2.13. The van der Waals surface area contributed by atoms with E-state index in [-0.39, 0.29) is 11.9 Å². The van der Waals surface area contributed by atoms with Crippen LogP contribution in [0.5, 0.6) is 0 Å². The molecule has 1 aromatic carbocycles. The molecular weight excluding hydrogens is 424 g/mol. The highest BCUT2D eigenvalue weighted by atomic mass is 35.5. The molecule has 0 bridgehead atoms. The van der Waals surface area contributed by atoms with E-state index in [4.69, 9.17) is 11.6 Å². The van der Waals surface area contributed by atoms with Crippen LogP contribution < -0.4 is 16.0 Å². The van der Waals surface area contributed by atoms with Gasteiger partial charge in [-0.3, -0.25) is 4.79 Å². The maximum absolute atomic E-state index is 12.5. The second-order valence-corrected chi connectivity index (χ2v) is 8.51. The number of carbonyl (C=O) groups excluding carboxylic acids is 1. The molecule has 4 N–H and O–H groups in total. The maximum Gasteiger partial charge on any atom is 0.226 e. The first-order valence-corrected chi connectivity index (χ1v) is 11.4. The van der Waals surface area contributed by atoms with E-state index in [1.54, 1.807) is 17.1 Å². The van der Waals surface area contributed by atoms with Gasteiger partial charge in [-0.1, -0.05) is 55.0 Å². The van der Waals surface area contributed by atoms with Gasteiger partial charge in [0.25, 0.3) is 0 Å². The van der Waals surface area contributed by atoms with Gasteiger partial charge >= 0.3 is 0 Å². The average Bonchev–Trinajstić information content (AvgIpc) is 2.80. The summed E-state index contributed by atoms with van der Waals surface area (Å²) < 4.78 is 0. The minimum absolute atomic E-state index is 0.0879. The molecule has 0 heterocycles. The molecule has 0 saturated heterocycles. The standard InChI is InChI=1S/C25H39ClN4O2/c1-7-21(26)12-9-18(3)16-28-19(4)25(32)29-23-13-10-20(11-14-23)15-24(31)30(6)17-22(8-2)27-5/h7,9-14,19,22,25,27-29,32H,1,8,15-17H2,2-6H3/b18-9+,21-12+/t19?,22-,25-/m1/s1. The molecule has 0 aliphatic carbocycles. The fourth-order valence-corrected chi connectivity index (χ4v) is 3.03. The number of anilines is 1. The third kappa shape index (κ3) is 10.5. The van der Waals surface area contributed by atoms with Crippen molar-refractivity contribution >= 4 is 23.2 Å². The number of allylic oxidation sites excluding steroid dienone is 4. The van der Waals surface area contributed by atoms with Crippen LogP contribution in [-0.4, -0.2) is 61.4 Å². The van der Waals surface area contributed by atoms with Crippen molar-refractivity contribution in [2.45, 2.75) is 51.9 Å². The first-order chi connectivity index (χ1) is 15.2. The van der Waals surface area contributed by atoms with E-state index in [1.165, 1.54) is 0 Å². The van der Waals surface area contributed by atoms with E-state index in [1.807, 2.05) is 58.3 Å². The van der Waals surface area contributed by atoms with E-state index in [2.05, 4.69) is 29.5 Å². The first kappa shape index (κ1) is 27.9. The summed E-state index contributed by atoms with van der Waals surface area (Å²) in [6.45, 7) is 10.9. The molecule has 0 aliphatic heterocycles. The summed E-state index contributed by atoms with van der Waals surface area (Å²) in [5.41, 5.74) is 2.82. The van der Waals surface area contributed by atoms with E-state index >= 15 is 0 Å².